The van der Waals surface area contributed by atoms with Crippen LogP contribution in [0.25, 0.3) is 0 Å². The van der Waals surface area contributed by atoms with Crippen LogP contribution in [0.3, 0.4) is 0 Å². The van der Waals surface area contributed by atoms with Crippen LogP contribution in [0.2, 0.25) is 0 Å². The van der Waals surface area contributed by atoms with Gasteiger partial charge in [-0.2, -0.15) is 0 Å². The molecule has 0 aliphatic carbocycles. The number of nitrogens with one attached hydrogen (secondary N) is 1. The van der Waals surface area contributed by atoms with Gasteiger partial charge < -0.3 is 10.4 Å². The zero-order chi connectivity index (χ0) is 12.8. The molecule has 1 unspecified atom stereocenters. The van der Waals surface area contributed by atoms with Gasteiger partial charge in [-0.05, 0) is 12.5 Å². The third kappa shape index (κ3) is 4.26. The quantitative estimate of drug-likeness (QED) is 0.816. The van der Waals surface area contributed by atoms with Crippen LogP contribution in [0.4, 0.5) is 0 Å². The molecule has 4 nitrogen and oxygen atoms in total. The number of carboxylic acids is 1. The Morgan fingerprint density at radius 3 is 2.59 bits per heavy atom. The van der Waals surface area contributed by atoms with E-state index in [2.05, 4.69) is 5.32 Å². The summed E-state index contributed by atoms with van der Waals surface area (Å²) in [7, 11) is 1.55. The largest absolute Gasteiger partial charge is 0.481 e. The van der Waals surface area contributed by atoms with E-state index in [9.17, 15) is 9.59 Å². The molecule has 1 aromatic rings. The fourth-order valence-electron chi connectivity index (χ4n) is 1.77. The van der Waals surface area contributed by atoms with E-state index in [1.165, 1.54) is 0 Å². The first kappa shape index (κ1) is 13.2. The second-order valence-electron chi connectivity index (χ2n) is 4.09. The zero-order valence-electron chi connectivity index (χ0n) is 10.1. The lowest BCUT2D eigenvalue weighted by Gasteiger charge is -2.14. The Morgan fingerprint density at radius 1 is 1.35 bits per heavy atom. The number of benzene rings is 1. The number of carbonyl (C=O) groups excluding carboxylic acids is 1. The molecule has 1 atom stereocenters. The molecule has 1 amide bonds. The summed E-state index contributed by atoms with van der Waals surface area (Å²) in [6.45, 7) is 1.95. The molecule has 1 aromatic carbocycles. The maximum absolute atomic E-state index is 11.4. The summed E-state index contributed by atoms with van der Waals surface area (Å²) >= 11 is 0. The van der Waals surface area contributed by atoms with E-state index in [1.807, 2.05) is 31.2 Å². The summed E-state index contributed by atoms with van der Waals surface area (Å²) in [5.41, 5.74) is 1.96. The highest BCUT2D eigenvalue weighted by Gasteiger charge is 2.18. The zero-order valence-corrected chi connectivity index (χ0v) is 10.1. The molecule has 0 radical (unpaired) electrons. The standard InChI is InChI=1S/C13H17NO3/c1-9-4-3-5-10(6-9)11(8-13(16)17)7-12(15)14-2/h3-6,11H,7-8H2,1-2H3,(H,14,15)(H,16,17). The predicted octanol–water partition coefficient (Wildman–Crippen LogP) is 1.69. The first-order chi connectivity index (χ1) is 8.02. The molecule has 4 heteroatoms. The van der Waals surface area contributed by atoms with Crippen molar-refractivity contribution >= 4 is 11.9 Å². The molecule has 1 rings (SSSR count). The Labute approximate surface area is 101 Å². The van der Waals surface area contributed by atoms with E-state index >= 15 is 0 Å². The van der Waals surface area contributed by atoms with Gasteiger partial charge in [0.05, 0.1) is 6.42 Å². The SMILES string of the molecule is CNC(=O)CC(CC(=O)O)c1cccc(C)c1. The van der Waals surface area contributed by atoms with Crippen LogP contribution in [-0.2, 0) is 9.59 Å². The van der Waals surface area contributed by atoms with Crippen LogP contribution in [0, 0.1) is 6.92 Å². The first-order valence-corrected chi connectivity index (χ1v) is 5.52. The van der Waals surface area contributed by atoms with Gasteiger partial charge >= 0.3 is 5.97 Å². The van der Waals surface area contributed by atoms with E-state index in [0.29, 0.717) is 0 Å². The summed E-state index contributed by atoms with van der Waals surface area (Å²) in [6.07, 6.45) is 0.170. The monoisotopic (exact) mass is 235 g/mol. The number of aliphatic carboxylic acids is 1. The smallest absolute Gasteiger partial charge is 0.303 e. The number of hydrogen-bond acceptors (Lipinski definition) is 2. The summed E-state index contributed by atoms with van der Waals surface area (Å²) in [5, 5.41) is 11.4. The molecule has 92 valence electrons. The number of rotatable bonds is 5. The van der Waals surface area contributed by atoms with Crippen LogP contribution in [0.1, 0.15) is 29.9 Å². The van der Waals surface area contributed by atoms with Crippen molar-refractivity contribution in [1.29, 1.82) is 0 Å². The molecule has 2 N–H and O–H groups in total. The molecule has 0 bridgehead atoms. The summed E-state index contributed by atoms with van der Waals surface area (Å²) in [6, 6.07) is 7.62. The average Bonchev–Trinajstić information content (AvgIpc) is 2.27. The Bertz CT molecular complexity index is 415. The van der Waals surface area contributed by atoms with Crippen LogP contribution in [0.5, 0.6) is 0 Å². The van der Waals surface area contributed by atoms with Crippen molar-refractivity contribution in [2.75, 3.05) is 7.05 Å². The van der Waals surface area contributed by atoms with Gasteiger partial charge in [-0.1, -0.05) is 29.8 Å². The highest BCUT2D eigenvalue weighted by atomic mass is 16.4. The minimum atomic E-state index is -0.889. The average molecular weight is 235 g/mol. The van der Waals surface area contributed by atoms with Crippen molar-refractivity contribution in [3.8, 4) is 0 Å². The molecule has 0 aliphatic rings. The number of amides is 1. The van der Waals surface area contributed by atoms with Crippen LogP contribution in [0.15, 0.2) is 24.3 Å². The molecular formula is C13H17NO3. The fourth-order valence-corrected chi connectivity index (χ4v) is 1.77. The molecule has 0 saturated heterocycles. The van der Waals surface area contributed by atoms with Gasteiger partial charge in [-0.3, -0.25) is 9.59 Å². The maximum atomic E-state index is 11.4. The van der Waals surface area contributed by atoms with Gasteiger partial charge in [0, 0.05) is 19.4 Å². The Hall–Kier alpha value is -1.84. The van der Waals surface area contributed by atoms with Gasteiger partial charge in [0.25, 0.3) is 0 Å². The van der Waals surface area contributed by atoms with Gasteiger partial charge in [-0.15, -0.1) is 0 Å². The second kappa shape index (κ2) is 6.03. The molecule has 0 fully saturated rings. The van der Waals surface area contributed by atoms with Crippen molar-refractivity contribution in [2.45, 2.75) is 25.7 Å². The topological polar surface area (TPSA) is 66.4 Å². The lowest BCUT2D eigenvalue weighted by Crippen LogP contribution is -2.21. The third-order valence-corrected chi connectivity index (χ3v) is 2.65. The molecule has 0 aromatic heterocycles. The summed E-state index contributed by atoms with van der Waals surface area (Å²) < 4.78 is 0. The third-order valence-electron chi connectivity index (χ3n) is 2.65. The van der Waals surface area contributed by atoms with E-state index in [-0.39, 0.29) is 24.7 Å². The minimum absolute atomic E-state index is 0.0309. The molecule has 0 saturated carbocycles. The van der Waals surface area contributed by atoms with Gasteiger partial charge in [0.15, 0.2) is 0 Å². The number of carbonyl (C=O) groups is 2. The molecule has 0 heterocycles. The highest BCUT2D eigenvalue weighted by molar-refractivity contribution is 5.78. The first-order valence-electron chi connectivity index (χ1n) is 5.52. The van der Waals surface area contributed by atoms with E-state index in [0.717, 1.165) is 11.1 Å². The number of aryl methyl sites for hydroxylation is 1. The summed E-state index contributed by atoms with van der Waals surface area (Å²) in [4.78, 5) is 22.2. The van der Waals surface area contributed by atoms with Crippen LogP contribution < -0.4 is 5.32 Å². The molecule has 17 heavy (non-hydrogen) atoms. The van der Waals surface area contributed by atoms with Crippen LogP contribution in [-0.4, -0.2) is 24.0 Å². The maximum Gasteiger partial charge on any atom is 0.303 e. The molecular weight excluding hydrogens is 218 g/mol. The predicted molar refractivity (Wildman–Crippen MR) is 64.9 cm³/mol. The minimum Gasteiger partial charge on any atom is -0.481 e. The lowest BCUT2D eigenvalue weighted by atomic mass is 9.91. The van der Waals surface area contributed by atoms with Gasteiger partial charge in [0.1, 0.15) is 0 Å². The van der Waals surface area contributed by atoms with Crippen molar-refractivity contribution in [1.82, 2.24) is 5.32 Å². The Morgan fingerprint density at radius 2 is 2.06 bits per heavy atom. The van der Waals surface area contributed by atoms with Gasteiger partial charge in [-0.25, -0.2) is 0 Å². The Balaban J connectivity index is 2.89. The van der Waals surface area contributed by atoms with E-state index in [1.54, 1.807) is 7.05 Å². The van der Waals surface area contributed by atoms with Gasteiger partial charge in [0.2, 0.25) is 5.91 Å². The summed E-state index contributed by atoms with van der Waals surface area (Å²) in [5.74, 6) is -1.30. The van der Waals surface area contributed by atoms with Crippen molar-refractivity contribution in [2.24, 2.45) is 0 Å². The van der Waals surface area contributed by atoms with Crippen molar-refractivity contribution in [3.05, 3.63) is 35.4 Å². The second-order valence-corrected chi connectivity index (χ2v) is 4.09. The lowest BCUT2D eigenvalue weighted by molar-refractivity contribution is -0.137. The van der Waals surface area contributed by atoms with Crippen molar-refractivity contribution < 1.29 is 14.7 Å². The van der Waals surface area contributed by atoms with Crippen LogP contribution >= 0.6 is 0 Å². The Kier molecular flexibility index (Phi) is 4.69. The number of hydrogen-bond donors (Lipinski definition) is 2. The normalized spacial score (nSPS) is 11.9. The number of carboxylic acid groups (broad SMARTS) is 1. The van der Waals surface area contributed by atoms with Crippen molar-refractivity contribution in [3.63, 3.8) is 0 Å². The highest BCUT2D eigenvalue weighted by Crippen LogP contribution is 2.24. The molecule has 0 aliphatic heterocycles. The van der Waals surface area contributed by atoms with E-state index in [4.69, 9.17) is 5.11 Å². The van der Waals surface area contributed by atoms with E-state index < -0.39 is 5.97 Å². The fraction of sp³-hybridized carbons (Fsp3) is 0.385. The molecule has 0 spiro atoms.